The smallest absolute Gasteiger partial charge is 0.433 e. The van der Waals surface area contributed by atoms with E-state index >= 15 is 0 Å². The maximum Gasteiger partial charge on any atom is 0.433 e. The van der Waals surface area contributed by atoms with Gasteiger partial charge in [0.15, 0.2) is 0 Å². The first-order valence-corrected chi connectivity index (χ1v) is 10.3. The van der Waals surface area contributed by atoms with Crippen molar-refractivity contribution in [2.24, 2.45) is 0 Å². The second kappa shape index (κ2) is 10.2. The number of hydrogen-bond donors (Lipinski definition) is 1. The second-order valence-corrected chi connectivity index (χ2v) is 8.08. The molecule has 1 fully saturated rings. The molecule has 1 N–H and O–H groups in total. The van der Waals surface area contributed by atoms with Crippen molar-refractivity contribution in [3.8, 4) is 0 Å². The van der Waals surface area contributed by atoms with Crippen LogP contribution in [0.3, 0.4) is 0 Å². The summed E-state index contributed by atoms with van der Waals surface area (Å²) in [6.45, 7) is -0.0941. The molecule has 33 heavy (non-hydrogen) atoms. The van der Waals surface area contributed by atoms with Crippen molar-refractivity contribution in [1.82, 2.24) is 9.88 Å². The van der Waals surface area contributed by atoms with Crippen molar-refractivity contribution in [1.29, 1.82) is 0 Å². The number of nitrogens with zero attached hydrogens (tertiary/aromatic N) is 2. The van der Waals surface area contributed by atoms with E-state index in [1.54, 1.807) is 0 Å². The van der Waals surface area contributed by atoms with E-state index in [-0.39, 0.29) is 18.2 Å². The zero-order chi connectivity index (χ0) is 24.2. The molecule has 2 atom stereocenters. The molecular weight excluding hydrogens is 476 g/mol. The summed E-state index contributed by atoms with van der Waals surface area (Å²) in [5.74, 6) is -0.287. The van der Waals surface area contributed by atoms with Crippen LogP contribution < -0.4 is 5.32 Å². The molecule has 3 rings (SSSR count). The molecule has 2 unspecified atom stereocenters. The van der Waals surface area contributed by atoms with Gasteiger partial charge in [-0.25, -0.2) is 4.79 Å². The van der Waals surface area contributed by atoms with Crippen LogP contribution >= 0.6 is 11.6 Å². The summed E-state index contributed by atoms with van der Waals surface area (Å²) in [6.07, 6.45) is -10.8. The van der Waals surface area contributed by atoms with Gasteiger partial charge in [-0.05, 0) is 61.2 Å². The molecule has 180 valence electrons. The van der Waals surface area contributed by atoms with Gasteiger partial charge in [0.2, 0.25) is 6.10 Å². The lowest BCUT2D eigenvalue weighted by Crippen LogP contribution is -2.47. The molecule has 0 spiro atoms. The molecular formula is C21H20ClF6N3O2. The fourth-order valence-electron chi connectivity index (χ4n) is 3.56. The van der Waals surface area contributed by atoms with E-state index in [9.17, 15) is 31.1 Å². The zero-order valence-electron chi connectivity index (χ0n) is 17.1. The number of hydrogen-bond acceptors (Lipinski definition) is 4. The Balaban J connectivity index is 1.62. The second-order valence-electron chi connectivity index (χ2n) is 7.64. The lowest BCUT2D eigenvalue weighted by atomic mass is 9.91. The first kappa shape index (κ1) is 25.1. The van der Waals surface area contributed by atoms with E-state index in [2.05, 4.69) is 15.0 Å². The molecule has 5 nitrogen and oxygen atoms in total. The summed E-state index contributed by atoms with van der Waals surface area (Å²) in [7, 11) is 0. The highest BCUT2D eigenvalue weighted by atomic mass is 35.5. The Morgan fingerprint density at radius 3 is 2.42 bits per heavy atom. The molecule has 1 aliphatic heterocycles. The predicted octanol–water partition coefficient (Wildman–Crippen LogP) is 6.11. The fraction of sp³-hybridized carbons (Fsp3) is 0.429. The van der Waals surface area contributed by atoms with Gasteiger partial charge in [-0.2, -0.15) is 26.3 Å². The minimum absolute atomic E-state index is 0.168. The van der Waals surface area contributed by atoms with Gasteiger partial charge in [-0.1, -0.05) is 17.7 Å². The SMILES string of the molecule is O=C(Nc1ccc(Cl)cc1)OC(CN1CCCC(c2ccc(C(F)(F)F)nc2)C1)C(F)(F)F. The number of alkyl halides is 6. The van der Waals surface area contributed by atoms with E-state index < -0.39 is 36.8 Å². The summed E-state index contributed by atoms with van der Waals surface area (Å²) in [4.78, 5) is 16.9. The quantitative estimate of drug-likeness (QED) is 0.508. The van der Waals surface area contributed by atoms with E-state index in [1.807, 2.05) is 0 Å². The number of likely N-dealkylation sites (tertiary alicyclic amines) is 1. The molecule has 0 bridgehead atoms. The van der Waals surface area contributed by atoms with Crippen LogP contribution in [-0.2, 0) is 10.9 Å². The summed E-state index contributed by atoms with van der Waals surface area (Å²) >= 11 is 5.73. The van der Waals surface area contributed by atoms with Crippen molar-refractivity contribution < 1.29 is 35.9 Å². The maximum absolute atomic E-state index is 13.5. The summed E-state index contributed by atoms with van der Waals surface area (Å²) in [5.41, 5.74) is -0.299. The Labute approximate surface area is 190 Å². The zero-order valence-corrected chi connectivity index (χ0v) is 17.8. The van der Waals surface area contributed by atoms with Gasteiger partial charge in [-0.15, -0.1) is 0 Å². The number of benzene rings is 1. The molecule has 1 aromatic heterocycles. The third-order valence-corrected chi connectivity index (χ3v) is 5.43. The molecule has 0 aliphatic carbocycles. The number of carbonyl (C=O) groups excluding carboxylic acids is 1. The third kappa shape index (κ3) is 7.23. The fourth-order valence-corrected chi connectivity index (χ4v) is 3.69. The molecule has 12 heteroatoms. The number of carbonyl (C=O) groups is 1. The Morgan fingerprint density at radius 2 is 1.85 bits per heavy atom. The number of amides is 1. The summed E-state index contributed by atoms with van der Waals surface area (Å²) in [6, 6.07) is 7.90. The van der Waals surface area contributed by atoms with Crippen molar-refractivity contribution in [3.05, 3.63) is 58.9 Å². The summed E-state index contributed by atoms with van der Waals surface area (Å²) in [5, 5.41) is 2.62. The lowest BCUT2D eigenvalue weighted by molar-refractivity contribution is -0.207. The first-order chi connectivity index (χ1) is 15.4. The van der Waals surface area contributed by atoms with Crippen LogP contribution in [-0.4, -0.2) is 47.9 Å². The molecule has 0 saturated carbocycles. The average molecular weight is 496 g/mol. The van der Waals surface area contributed by atoms with E-state index in [0.29, 0.717) is 30.0 Å². The van der Waals surface area contributed by atoms with Gasteiger partial charge in [0.1, 0.15) is 5.69 Å². The Hall–Kier alpha value is -2.53. The normalized spacial score (nSPS) is 18.6. The predicted molar refractivity (Wildman–Crippen MR) is 109 cm³/mol. The standard InChI is InChI=1S/C21H20ClF6N3O2/c22-15-4-6-16(7-5-15)30-19(32)33-18(21(26,27)28)12-31-9-1-2-14(11-31)13-3-8-17(29-10-13)20(23,24)25/h3-8,10,14,18H,1-2,9,11-12H2,(H,30,32). The van der Waals surface area contributed by atoms with Gasteiger partial charge in [0.05, 0.1) is 0 Å². The molecule has 1 aliphatic rings. The molecule has 2 aromatic rings. The molecule has 2 heterocycles. The number of nitrogens with one attached hydrogen (secondary N) is 1. The number of pyridine rings is 1. The van der Waals surface area contributed by atoms with Gasteiger partial charge >= 0.3 is 18.4 Å². The van der Waals surface area contributed by atoms with Crippen molar-refractivity contribution >= 4 is 23.4 Å². The van der Waals surface area contributed by atoms with Gasteiger partial charge in [-0.3, -0.25) is 15.2 Å². The van der Waals surface area contributed by atoms with Crippen LogP contribution in [0.4, 0.5) is 36.8 Å². The monoisotopic (exact) mass is 495 g/mol. The maximum atomic E-state index is 13.5. The first-order valence-electron chi connectivity index (χ1n) is 9.97. The van der Waals surface area contributed by atoms with E-state index in [4.69, 9.17) is 11.6 Å². The number of rotatable bonds is 5. The summed E-state index contributed by atoms with van der Waals surface area (Å²) < 4.78 is 83.4. The van der Waals surface area contributed by atoms with Crippen molar-refractivity contribution in [2.75, 3.05) is 25.0 Å². The molecule has 0 radical (unpaired) electrons. The number of halogens is 7. The van der Waals surface area contributed by atoms with Gasteiger partial charge in [0.25, 0.3) is 0 Å². The molecule has 1 amide bonds. The van der Waals surface area contributed by atoms with E-state index in [0.717, 1.165) is 12.3 Å². The highest BCUT2D eigenvalue weighted by Crippen LogP contribution is 2.32. The highest BCUT2D eigenvalue weighted by molar-refractivity contribution is 6.30. The van der Waals surface area contributed by atoms with Crippen LogP contribution in [0.25, 0.3) is 0 Å². The number of anilines is 1. The van der Waals surface area contributed by atoms with Gasteiger partial charge in [0, 0.05) is 30.0 Å². The average Bonchev–Trinajstić information content (AvgIpc) is 2.74. The van der Waals surface area contributed by atoms with Crippen LogP contribution in [0, 0.1) is 0 Å². The number of aromatic nitrogens is 1. The lowest BCUT2D eigenvalue weighted by Gasteiger charge is -2.35. The van der Waals surface area contributed by atoms with Crippen LogP contribution in [0.5, 0.6) is 0 Å². The largest absolute Gasteiger partial charge is 0.435 e. The highest BCUT2D eigenvalue weighted by Gasteiger charge is 2.44. The Kier molecular flexibility index (Phi) is 7.73. The molecule has 1 saturated heterocycles. The van der Waals surface area contributed by atoms with Crippen LogP contribution in [0.1, 0.15) is 30.0 Å². The number of ether oxygens (including phenoxy) is 1. The minimum Gasteiger partial charge on any atom is -0.435 e. The topological polar surface area (TPSA) is 54.5 Å². The molecule has 1 aromatic carbocycles. The number of piperidine rings is 1. The third-order valence-electron chi connectivity index (χ3n) is 5.18. The van der Waals surface area contributed by atoms with Crippen molar-refractivity contribution in [2.45, 2.75) is 37.2 Å². The van der Waals surface area contributed by atoms with Crippen LogP contribution in [0.2, 0.25) is 5.02 Å². The van der Waals surface area contributed by atoms with Gasteiger partial charge < -0.3 is 4.74 Å². The van der Waals surface area contributed by atoms with E-state index in [1.165, 1.54) is 35.2 Å². The Morgan fingerprint density at radius 1 is 1.15 bits per heavy atom. The van der Waals surface area contributed by atoms with Crippen LogP contribution in [0.15, 0.2) is 42.6 Å². The van der Waals surface area contributed by atoms with Crippen molar-refractivity contribution in [3.63, 3.8) is 0 Å². The minimum atomic E-state index is -4.81. The Bertz CT molecular complexity index is 935.